The van der Waals surface area contributed by atoms with Gasteiger partial charge in [0.1, 0.15) is 17.2 Å². The molecule has 2 N–H and O–H groups in total. The lowest BCUT2D eigenvalue weighted by Crippen LogP contribution is -2.22. The van der Waals surface area contributed by atoms with Crippen LogP contribution in [0.15, 0.2) is 67.3 Å². The Hall–Kier alpha value is -3.38. The zero-order valence-electron chi connectivity index (χ0n) is 15.6. The highest BCUT2D eigenvalue weighted by molar-refractivity contribution is 7.15. The van der Waals surface area contributed by atoms with E-state index in [0.29, 0.717) is 17.9 Å². The lowest BCUT2D eigenvalue weighted by Gasteiger charge is -2.24. The molecule has 1 aliphatic rings. The SMILES string of the molecule is C=CCOc1ccc([C@H]2CC(=O)Nc3c2sc(C(=O)O)c3-c2ccccc2)cc1. The van der Waals surface area contributed by atoms with Crippen LogP contribution in [0.2, 0.25) is 0 Å². The third-order valence-corrected chi connectivity index (χ3v) is 6.10. The van der Waals surface area contributed by atoms with Crippen LogP contribution in [0.25, 0.3) is 11.1 Å². The number of ether oxygens (including phenoxy) is 1. The largest absolute Gasteiger partial charge is 0.490 e. The van der Waals surface area contributed by atoms with Gasteiger partial charge in [-0.2, -0.15) is 0 Å². The predicted molar refractivity (Wildman–Crippen MR) is 114 cm³/mol. The van der Waals surface area contributed by atoms with Crippen LogP contribution in [0.5, 0.6) is 5.75 Å². The van der Waals surface area contributed by atoms with Crippen molar-refractivity contribution in [2.45, 2.75) is 12.3 Å². The third-order valence-electron chi connectivity index (χ3n) is 4.81. The van der Waals surface area contributed by atoms with Crippen LogP contribution in [0.3, 0.4) is 0 Å². The molecule has 0 unspecified atom stereocenters. The van der Waals surface area contributed by atoms with Crippen LogP contribution in [0.4, 0.5) is 5.69 Å². The number of fused-ring (bicyclic) bond motifs is 1. The molecule has 5 nitrogen and oxygen atoms in total. The maximum atomic E-state index is 12.5. The Morgan fingerprint density at radius 2 is 1.93 bits per heavy atom. The molecule has 0 bridgehead atoms. The Balaban J connectivity index is 1.80. The maximum absolute atomic E-state index is 12.5. The van der Waals surface area contributed by atoms with Gasteiger partial charge in [0.15, 0.2) is 0 Å². The number of carbonyl (C=O) groups is 2. The van der Waals surface area contributed by atoms with Crippen molar-refractivity contribution < 1.29 is 19.4 Å². The number of rotatable bonds is 6. The quantitative estimate of drug-likeness (QED) is 0.556. The van der Waals surface area contributed by atoms with Crippen molar-refractivity contribution in [2.75, 3.05) is 11.9 Å². The third kappa shape index (κ3) is 3.67. The van der Waals surface area contributed by atoms with E-state index in [9.17, 15) is 14.7 Å². The van der Waals surface area contributed by atoms with Gasteiger partial charge < -0.3 is 15.2 Å². The molecule has 0 saturated heterocycles. The van der Waals surface area contributed by atoms with Gasteiger partial charge in [0, 0.05) is 22.8 Å². The number of amides is 1. The summed E-state index contributed by atoms with van der Waals surface area (Å²) in [5, 5.41) is 12.7. The van der Waals surface area contributed by atoms with Crippen LogP contribution in [-0.4, -0.2) is 23.6 Å². The minimum atomic E-state index is -0.996. The molecule has 1 atom stereocenters. The van der Waals surface area contributed by atoms with E-state index >= 15 is 0 Å². The van der Waals surface area contributed by atoms with Gasteiger partial charge >= 0.3 is 5.97 Å². The molecule has 6 heteroatoms. The van der Waals surface area contributed by atoms with Crippen molar-refractivity contribution in [1.82, 2.24) is 0 Å². The molecule has 146 valence electrons. The van der Waals surface area contributed by atoms with E-state index in [-0.39, 0.29) is 23.1 Å². The highest BCUT2D eigenvalue weighted by Crippen LogP contribution is 2.49. The predicted octanol–water partition coefficient (Wildman–Crippen LogP) is 5.15. The van der Waals surface area contributed by atoms with Crippen molar-refractivity contribution in [3.05, 3.63) is 82.6 Å². The molecule has 3 aromatic rings. The molecule has 1 aromatic heterocycles. The molecule has 2 aromatic carbocycles. The summed E-state index contributed by atoms with van der Waals surface area (Å²) in [5.41, 5.74) is 2.90. The summed E-state index contributed by atoms with van der Waals surface area (Å²) in [6.45, 7) is 4.05. The summed E-state index contributed by atoms with van der Waals surface area (Å²) in [6.07, 6.45) is 1.95. The normalized spacial score (nSPS) is 15.3. The monoisotopic (exact) mass is 405 g/mol. The maximum Gasteiger partial charge on any atom is 0.346 e. The second-order valence-corrected chi connectivity index (χ2v) is 7.74. The molecular weight excluding hydrogens is 386 g/mol. The first-order chi connectivity index (χ1) is 14.1. The van der Waals surface area contributed by atoms with Crippen LogP contribution in [0.1, 0.15) is 32.5 Å². The lowest BCUT2D eigenvalue weighted by molar-refractivity contribution is -0.116. The molecule has 0 aliphatic carbocycles. The number of benzene rings is 2. The summed E-state index contributed by atoms with van der Waals surface area (Å²) < 4.78 is 5.53. The number of anilines is 1. The smallest absolute Gasteiger partial charge is 0.346 e. The van der Waals surface area contributed by atoms with Gasteiger partial charge in [0.2, 0.25) is 5.91 Å². The first-order valence-corrected chi connectivity index (χ1v) is 9.99. The van der Waals surface area contributed by atoms with E-state index < -0.39 is 5.97 Å². The minimum absolute atomic E-state index is 0.124. The number of carboxylic acids is 1. The zero-order chi connectivity index (χ0) is 20.4. The zero-order valence-corrected chi connectivity index (χ0v) is 16.4. The summed E-state index contributed by atoms with van der Waals surface area (Å²) >= 11 is 1.23. The van der Waals surface area contributed by atoms with Gasteiger partial charge in [0.25, 0.3) is 0 Å². The van der Waals surface area contributed by atoms with E-state index in [0.717, 1.165) is 21.8 Å². The molecule has 4 rings (SSSR count). The minimum Gasteiger partial charge on any atom is -0.490 e. The van der Waals surface area contributed by atoms with E-state index in [2.05, 4.69) is 11.9 Å². The Labute approximate surface area is 172 Å². The summed E-state index contributed by atoms with van der Waals surface area (Å²) in [7, 11) is 0. The van der Waals surface area contributed by atoms with Crippen molar-refractivity contribution in [3.63, 3.8) is 0 Å². The molecule has 29 heavy (non-hydrogen) atoms. The molecule has 0 saturated carbocycles. The van der Waals surface area contributed by atoms with Crippen molar-refractivity contribution in [3.8, 4) is 16.9 Å². The van der Waals surface area contributed by atoms with Gasteiger partial charge in [-0.3, -0.25) is 4.79 Å². The number of nitrogens with one attached hydrogen (secondary N) is 1. The Kier molecular flexibility index (Phi) is 5.18. The number of thiophene rings is 1. The van der Waals surface area contributed by atoms with E-state index in [1.165, 1.54) is 11.3 Å². The Morgan fingerprint density at radius 3 is 2.59 bits per heavy atom. The van der Waals surface area contributed by atoms with Gasteiger partial charge in [-0.05, 0) is 23.3 Å². The van der Waals surface area contributed by atoms with Crippen LogP contribution >= 0.6 is 11.3 Å². The lowest BCUT2D eigenvalue weighted by atomic mass is 9.88. The molecule has 0 spiro atoms. The molecular formula is C23H19NO4S. The fourth-order valence-electron chi connectivity index (χ4n) is 3.54. The first-order valence-electron chi connectivity index (χ1n) is 9.17. The highest BCUT2D eigenvalue weighted by Gasteiger charge is 2.34. The summed E-state index contributed by atoms with van der Waals surface area (Å²) in [4.78, 5) is 25.5. The molecule has 0 fully saturated rings. The topological polar surface area (TPSA) is 75.6 Å². The summed E-state index contributed by atoms with van der Waals surface area (Å²) in [5.74, 6) is -0.602. The molecule has 1 amide bonds. The number of hydrogen-bond donors (Lipinski definition) is 2. The van der Waals surface area contributed by atoms with Gasteiger partial charge in [0.05, 0.1) is 5.69 Å². The molecule has 1 aliphatic heterocycles. The molecule has 2 heterocycles. The van der Waals surface area contributed by atoms with Gasteiger partial charge in [-0.15, -0.1) is 11.3 Å². The summed E-state index contributed by atoms with van der Waals surface area (Å²) in [6, 6.07) is 16.9. The van der Waals surface area contributed by atoms with E-state index in [1.807, 2.05) is 54.6 Å². The molecule has 0 radical (unpaired) electrons. The fourth-order valence-corrected chi connectivity index (χ4v) is 4.78. The second-order valence-electron chi connectivity index (χ2n) is 6.69. The van der Waals surface area contributed by atoms with Gasteiger partial charge in [-0.1, -0.05) is 55.1 Å². The Bertz CT molecular complexity index is 1070. The van der Waals surface area contributed by atoms with Crippen molar-refractivity contribution in [2.24, 2.45) is 0 Å². The number of hydrogen-bond acceptors (Lipinski definition) is 4. The number of carbonyl (C=O) groups excluding carboxylic acids is 1. The second kappa shape index (κ2) is 7.93. The van der Waals surface area contributed by atoms with Crippen LogP contribution < -0.4 is 10.1 Å². The van der Waals surface area contributed by atoms with E-state index in [4.69, 9.17) is 4.74 Å². The highest BCUT2D eigenvalue weighted by atomic mass is 32.1. The van der Waals surface area contributed by atoms with Crippen LogP contribution in [0, 0.1) is 0 Å². The van der Waals surface area contributed by atoms with Crippen molar-refractivity contribution in [1.29, 1.82) is 0 Å². The average molecular weight is 405 g/mol. The number of carboxylic acid groups (broad SMARTS) is 1. The van der Waals surface area contributed by atoms with E-state index in [1.54, 1.807) is 6.08 Å². The van der Waals surface area contributed by atoms with Crippen molar-refractivity contribution >= 4 is 28.9 Å². The standard InChI is InChI=1S/C23H19NO4S/c1-2-12-28-16-10-8-14(9-11-16)17-13-18(25)24-20-19(15-6-4-3-5-7-15)22(23(26)27)29-21(17)20/h2-11,17H,1,12-13H2,(H,24,25)(H,26,27)/t17-/m1/s1. The number of aromatic carboxylic acids is 1. The average Bonchev–Trinajstić information content (AvgIpc) is 3.12. The fraction of sp³-hybridized carbons (Fsp3) is 0.130. The van der Waals surface area contributed by atoms with Crippen LogP contribution in [-0.2, 0) is 4.79 Å². The van der Waals surface area contributed by atoms with Gasteiger partial charge in [-0.25, -0.2) is 4.79 Å². The Morgan fingerprint density at radius 1 is 1.21 bits per heavy atom. The first kappa shape index (κ1) is 19.0.